The van der Waals surface area contributed by atoms with Crippen molar-refractivity contribution < 1.29 is 17.5 Å². The Balaban J connectivity index is 2.28. The summed E-state index contributed by atoms with van der Waals surface area (Å²) in [6.45, 7) is 2.04. The SMILES string of the molecule is COc1ccc(F)cc1S(=O)(=O)NC1CCCCC1C. The van der Waals surface area contributed by atoms with E-state index in [2.05, 4.69) is 4.72 Å². The predicted octanol–water partition coefficient (Wildman–Crippen LogP) is 2.69. The second-order valence-electron chi connectivity index (χ2n) is 5.28. The fourth-order valence-corrected chi connectivity index (χ4v) is 4.17. The Kier molecular flexibility index (Phi) is 4.65. The van der Waals surface area contributed by atoms with Crippen LogP contribution in [0.25, 0.3) is 0 Å². The lowest BCUT2D eigenvalue weighted by molar-refractivity contribution is 0.310. The lowest BCUT2D eigenvalue weighted by Crippen LogP contribution is -2.41. The van der Waals surface area contributed by atoms with Crippen molar-refractivity contribution in [2.24, 2.45) is 5.92 Å². The monoisotopic (exact) mass is 301 g/mol. The molecule has 2 atom stereocenters. The van der Waals surface area contributed by atoms with Crippen molar-refractivity contribution in [1.82, 2.24) is 4.72 Å². The van der Waals surface area contributed by atoms with Gasteiger partial charge in [0.25, 0.3) is 0 Å². The van der Waals surface area contributed by atoms with E-state index in [1.54, 1.807) is 0 Å². The number of hydrogen-bond donors (Lipinski definition) is 1. The highest BCUT2D eigenvalue weighted by Crippen LogP contribution is 2.28. The van der Waals surface area contributed by atoms with Gasteiger partial charge in [-0.2, -0.15) is 0 Å². The van der Waals surface area contributed by atoms with Crippen molar-refractivity contribution >= 4 is 10.0 Å². The average molecular weight is 301 g/mol. The van der Waals surface area contributed by atoms with Crippen LogP contribution in [0.3, 0.4) is 0 Å². The Morgan fingerprint density at radius 1 is 1.30 bits per heavy atom. The molecule has 112 valence electrons. The number of ether oxygens (including phenoxy) is 1. The zero-order chi connectivity index (χ0) is 14.8. The van der Waals surface area contributed by atoms with Crippen molar-refractivity contribution in [3.63, 3.8) is 0 Å². The number of nitrogens with one attached hydrogen (secondary N) is 1. The minimum Gasteiger partial charge on any atom is -0.495 e. The zero-order valence-corrected chi connectivity index (χ0v) is 12.5. The lowest BCUT2D eigenvalue weighted by atomic mass is 9.87. The second-order valence-corrected chi connectivity index (χ2v) is 6.97. The second kappa shape index (κ2) is 6.10. The minimum atomic E-state index is -3.77. The molecule has 1 saturated carbocycles. The fraction of sp³-hybridized carbons (Fsp3) is 0.571. The molecule has 1 aliphatic rings. The maximum Gasteiger partial charge on any atom is 0.244 e. The van der Waals surface area contributed by atoms with Gasteiger partial charge in [-0.25, -0.2) is 17.5 Å². The van der Waals surface area contributed by atoms with Gasteiger partial charge in [0, 0.05) is 6.04 Å². The first-order valence-electron chi connectivity index (χ1n) is 6.80. The van der Waals surface area contributed by atoms with Crippen LogP contribution < -0.4 is 9.46 Å². The number of sulfonamides is 1. The summed E-state index contributed by atoms with van der Waals surface area (Å²) in [6.07, 6.45) is 3.96. The summed E-state index contributed by atoms with van der Waals surface area (Å²) in [4.78, 5) is -0.141. The van der Waals surface area contributed by atoms with E-state index >= 15 is 0 Å². The van der Waals surface area contributed by atoms with E-state index in [-0.39, 0.29) is 22.6 Å². The molecule has 6 heteroatoms. The molecule has 0 aliphatic heterocycles. The zero-order valence-electron chi connectivity index (χ0n) is 11.7. The third kappa shape index (κ3) is 3.30. The summed E-state index contributed by atoms with van der Waals surface area (Å²) < 4.78 is 45.9. The highest BCUT2D eigenvalue weighted by Gasteiger charge is 2.28. The van der Waals surface area contributed by atoms with Crippen molar-refractivity contribution in [1.29, 1.82) is 0 Å². The summed E-state index contributed by atoms with van der Waals surface area (Å²) in [5, 5.41) is 0. The van der Waals surface area contributed by atoms with Gasteiger partial charge in [0.2, 0.25) is 10.0 Å². The first-order valence-corrected chi connectivity index (χ1v) is 8.28. The number of methoxy groups -OCH3 is 1. The Bertz CT molecular complexity index is 574. The Labute approximate surface area is 119 Å². The third-order valence-electron chi connectivity index (χ3n) is 3.83. The maximum atomic E-state index is 13.3. The van der Waals surface area contributed by atoms with Gasteiger partial charge in [-0.05, 0) is 37.0 Å². The van der Waals surface area contributed by atoms with Crippen LogP contribution >= 0.6 is 0 Å². The molecule has 1 aliphatic carbocycles. The van der Waals surface area contributed by atoms with Crippen molar-refractivity contribution in [2.45, 2.75) is 43.5 Å². The van der Waals surface area contributed by atoms with Gasteiger partial charge in [-0.1, -0.05) is 19.8 Å². The first kappa shape index (κ1) is 15.3. The van der Waals surface area contributed by atoms with E-state index in [0.717, 1.165) is 31.7 Å². The van der Waals surface area contributed by atoms with E-state index in [9.17, 15) is 12.8 Å². The number of benzene rings is 1. The van der Waals surface area contributed by atoms with Crippen LogP contribution in [0.15, 0.2) is 23.1 Å². The molecule has 0 aromatic heterocycles. The van der Waals surface area contributed by atoms with E-state index in [0.29, 0.717) is 0 Å². The van der Waals surface area contributed by atoms with Crippen LogP contribution in [-0.4, -0.2) is 21.6 Å². The van der Waals surface area contributed by atoms with Crippen LogP contribution in [-0.2, 0) is 10.0 Å². The molecule has 1 aromatic carbocycles. The van der Waals surface area contributed by atoms with Crippen molar-refractivity contribution in [3.8, 4) is 5.75 Å². The normalized spacial score (nSPS) is 23.6. The molecule has 0 bridgehead atoms. The van der Waals surface area contributed by atoms with E-state index < -0.39 is 15.8 Å². The van der Waals surface area contributed by atoms with Crippen molar-refractivity contribution in [2.75, 3.05) is 7.11 Å². The van der Waals surface area contributed by atoms with Gasteiger partial charge < -0.3 is 4.74 Å². The molecule has 2 rings (SSSR count). The van der Waals surface area contributed by atoms with Crippen LogP contribution in [0.2, 0.25) is 0 Å². The van der Waals surface area contributed by atoms with E-state index in [4.69, 9.17) is 4.74 Å². The van der Waals surface area contributed by atoms with Gasteiger partial charge in [0.15, 0.2) is 0 Å². The van der Waals surface area contributed by atoms with Gasteiger partial charge in [0.05, 0.1) is 7.11 Å². The molecule has 0 heterocycles. The fourth-order valence-electron chi connectivity index (χ4n) is 2.61. The molecule has 1 N–H and O–H groups in total. The molecular weight excluding hydrogens is 281 g/mol. The predicted molar refractivity (Wildman–Crippen MR) is 74.7 cm³/mol. The number of rotatable bonds is 4. The lowest BCUT2D eigenvalue weighted by Gasteiger charge is -2.29. The van der Waals surface area contributed by atoms with E-state index in [1.165, 1.54) is 19.2 Å². The molecule has 0 radical (unpaired) electrons. The summed E-state index contributed by atoms with van der Waals surface area (Å²) in [6, 6.07) is 3.41. The van der Waals surface area contributed by atoms with Gasteiger partial charge in [-0.3, -0.25) is 0 Å². The van der Waals surface area contributed by atoms with Gasteiger partial charge in [0.1, 0.15) is 16.5 Å². The summed E-state index contributed by atoms with van der Waals surface area (Å²) in [5.74, 6) is -0.150. The summed E-state index contributed by atoms with van der Waals surface area (Å²) in [7, 11) is -2.40. The maximum absolute atomic E-state index is 13.3. The minimum absolute atomic E-state index is 0.0956. The third-order valence-corrected chi connectivity index (χ3v) is 5.34. The number of halogens is 1. The Morgan fingerprint density at radius 3 is 2.65 bits per heavy atom. The highest BCUT2D eigenvalue weighted by atomic mass is 32.2. The molecular formula is C14H20FNO3S. The van der Waals surface area contributed by atoms with Gasteiger partial charge in [-0.15, -0.1) is 0 Å². The molecule has 2 unspecified atom stereocenters. The van der Waals surface area contributed by atoms with Crippen LogP contribution in [0.5, 0.6) is 5.75 Å². The number of hydrogen-bond acceptors (Lipinski definition) is 3. The topological polar surface area (TPSA) is 55.4 Å². The molecule has 0 amide bonds. The Hall–Kier alpha value is -1.14. The van der Waals surface area contributed by atoms with Crippen LogP contribution in [0.4, 0.5) is 4.39 Å². The summed E-state index contributed by atoms with van der Waals surface area (Å²) in [5.41, 5.74) is 0. The van der Waals surface area contributed by atoms with E-state index in [1.807, 2.05) is 6.92 Å². The van der Waals surface area contributed by atoms with Crippen molar-refractivity contribution in [3.05, 3.63) is 24.0 Å². The smallest absolute Gasteiger partial charge is 0.244 e. The molecule has 4 nitrogen and oxygen atoms in total. The largest absolute Gasteiger partial charge is 0.495 e. The highest BCUT2D eigenvalue weighted by molar-refractivity contribution is 7.89. The molecule has 20 heavy (non-hydrogen) atoms. The molecule has 0 spiro atoms. The Morgan fingerprint density at radius 2 is 2.00 bits per heavy atom. The standard InChI is InChI=1S/C14H20FNO3S/c1-10-5-3-4-6-12(10)16-20(17,18)14-9-11(15)7-8-13(14)19-2/h7-10,12,16H,3-6H2,1-2H3. The molecule has 1 fully saturated rings. The van der Waals surface area contributed by atoms with Gasteiger partial charge >= 0.3 is 0 Å². The first-order chi connectivity index (χ1) is 9.44. The summed E-state index contributed by atoms with van der Waals surface area (Å²) >= 11 is 0. The quantitative estimate of drug-likeness (QED) is 0.930. The van der Waals surface area contributed by atoms with Crippen LogP contribution in [0.1, 0.15) is 32.6 Å². The van der Waals surface area contributed by atoms with Crippen LogP contribution in [0, 0.1) is 11.7 Å². The molecule has 0 saturated heterocycles. The molecule has 1 aromatic rings. The average Bonchev–Trinajstić information content (AvgIpc) is 2.41.